The van der Waals surface area contributed by atoms with Crippen LogP contribution in [0.2, 0.25) is 0 Å². The molecule has 4 heteroatoms. The fourth-order valence-corrected chi connectivity index (χ4v) is 3.75. The van der Waals surface area contributed by atoms with Gasteiger partial charge in [-0.25, -0.2) is 9.20 Å². The molecule has 24 heavy (non-hydrogen) atoms. The van der Waals surface area contributed by atoms with E-state index in [1.54, 1.807) is 0 Å². The summed E-state index contributed by atoms with van der Waals surface area (Å²) in [6.45, 7) is 9.07. The lowest BCUT2D eigenvalue weighted by atomic mass is 9.88. The molecule has 0 spiro atoms. The number of rotatable bonds is 3. The van der Waals surface area contributed by atoms with Gasteiger partial charge in [0.15, 0.2) is 0 Å². The number of ether oxygens (including phenoxy) is 1. The van der Waals surface area contributed by atoms with Crippen LogP contribution in [0.3, 0.4) is 0 Å². The number of benzene rings is 2. The number of nitrogens with zero attached hydrogens (tertiary/aromatic N) is 1. The number of hydrogen-bond acceptors (Lipinski definition) is 3. The second-order valence-electron chi connectivity index (χ2n) is 7.21. The van der Waals surface area contributed by atoms with E-state index in [9.17, 15) is 4.21 Å². The van der Waals surface area contributed by atoms with Crippen molar-refractivity contribution in [2.45, 2.75) is 43.5 Å². The topological polar surface area (TPSA) is 38.7 Å². The van der Waals surface area contributed by atoms with Gasteiger partial charge in [-0.2, -0.15) is 0 Å². The molecule has 3 rings (SSSR count). The molecule has 0 aromatic heterocycles. The smallest absolute Gasteiger partial charge is 0.217 e. The molecule has 0 radical (unpaired) electrons. The van der Waals surface area contributed by atoms with Crippen molar-refractivity contribution in [2.75, 3.05) is 6.61 Å². The third-order valence-electron chi connectivity index (χ3n) is 4.20. The van der Waals surface area contributed by atoms with E-state index in [2.05, 4.69) is 20.8 Å². The minimum absolute atomic E-state index is 0.0484. The highest BCUT2D eigenvalue weighted by molar-refractivity contribution is 7.85. The Morgan fingerprint density at radius 3 is 2.38 bits per heavy atom. The summed E-state index contributed by atoms with van der Waals surface area (Å²) in [4.78, 5) is 6.28. The zero-order valence-electron chi connectivity index (χ0n) is 14.6. The summed E-state index contributed by atoms with van der Waals surface area (Å²) in [5.41, 5.74) is 2.02. The summed E-state index contributed by atoms with van der Waals surface area (Å²) in [7, 11) is -1.26. The Bertz CT molecular complexity index is 788. The zero-order chi connectivity index (χ0) is 17.3. The van der Waals surface area contributed by atoms with Crippen molar-refractivity contribution in [1.82, 2.24) is 0 Å². The average Bonchev–Trinajstić information content (AvgIpc) is 3.05. The molecule has 3 nitrogen and oxygen atoms in total. The number of aryl methyl sites for hydroxylation is 1. The van der Waals surface area contributed by atoms with Gasteiger partial charge in [0.05, 0.1) is 27.3 Å². The molecule has 1 heterocycles. The van der Waals surface area contributed by atoms with Crippen molar-refractivity contribution in [3.05, 3.63) is 59.7 Å². The molecule has 2 aromatic rings. The fraction of sp³-hybridized carbons (Fsp3) is 0.350. The molecule has 2 aromatic carbocycles. The monoisotopic (exact) mass is 341 g/mol. The summed E-state index contributed by atoms with van der Waals surface area (Å²) in [6, 6.07) is 15.6. The Hall–Kier alpha value is -1.94. The van der Waals surface area contributed by atoms with Gasteiger partial charge in [-0.1, -0.05) is 50.6 Å². The van der Waals surface area contributed by atoms with Crippen LogP contribution in [0.15, 0.2) is 63.3 Å². The minimum Gasteiger partial charge on any atom is -0.475 e. The van der Waals surface area contributed by atoms with Gasteiger partial charge in [0.25, 0.3) is 0 Å². The Balaban J connectivity index is 1.97. The van der Waals surface area contributed by atoms with Crippen LogP contribution in [0.1, 0.15) is 31.9 Å². The van der Waals surface area contributed by atoms with Crippen LogP contribution in [0, 0.1) is 12.3 Å². The van der Waals surface area contributed by atoms with Crippen molar-refractivity contribution in [3.63, 3.8) is 0 Å². The molecule has 0 saturated carbocycles. The highest BCUT2D eigenvalue weighted by atomic mass is 32.2. The first-order valence-electron chi connectivity index (χ1n) is 8.15. The van der Waals surface area contributed by atoms with E-state index >= 15 is 0 Å². The Morgan fingerprint density at radius 2 is 1.75 bits per heavy atom. The maximum Gasteiger partial charge on any atom is 0.217 e. The maximum absolute atomic E-state index is 13.0. The van der Waals surface area contributed by atoms with Gasteiger partial charge in [-0.05, 0) is 36.6 Å². The van der Waals surface area contributed by atoms with Gasteiger partial charge < -0.3 is 4.74 Å². The van der Waals surface area contributed by atoms with E-state index in [1.807, 2.05) is 55.5 Å². The number of aliphatic imine (C=N–C) groups is 1. The first-order valence-corrected chi connectivity index (χ1v) is 9.29. The fourth-order valence-electron chi connectivity index (χ4n) is 2.56. The van der Waals surface area contributed by atoms with Gasteiger partial charge >= 0.3 is 0 Å². The third kappa shape index (κ3) is 3.44. The lowest BCUT2D eigenvalue weighted by molar-refractivity contribution is 0.235. The van der Waals surface area contributed by atoms with Crippen LogP contribution >= 0.6 is 0 Å². The molecule has 0 N–H and O–H groups in total. The summed E-state index contributed by atoms with van der Waals surface area (Å²) in [5.74, 6) is 0.603. The first-order chi connectivity index (χ1) is 11.4. The van der Waals surface area contributed by atoms with Crippen molar-refractivity contribution in [2.24, 2.45) is 10.4 Å². The number of hydrogen-bond donors (Lipinski definition) is 0. The molecule has 0 bridgehead atoms. The van der Waals surface area contributed by atoms with E-state index in [0.29, 0.717) is 12.5 Å². The maximum atomic E-state index is 13.0. The highest BCUT2D eigenvalue weighted by Gasteiger charge is 2.31. The van der Waals surface area contributed by atoms with E-state index < -0.39 is 10.8 Å². The predicted molar refractivity (Wildman–Crippen MR) is 98.0 cm³/mol. The molecule has 0 aliphatic carbocycles. The normalized spacial score (nSPS) is 18.8. The second kappa shape index (κ2) is 6.52. The summed E-state index contributed by atoms with van der Waals surface area (Å²) in [5, 5.41) is 0. The largest absolute Gasteiger partial charge is 0.475 e. The van der Waals surface area contributed by atoms with E-state index in [-0.39, 0.29) is 11.5 Å². The van der Waals surface area contributed by atoms with Crippen molar-refractivity contribution in [1.29, 1.82) is 0 Å². The van der Waals surface area contributed by atoms with Crippen LogP contribution in [-0.2, 0) is 15.5 Å². The lowest BCUT2D eigenvalue weighted by Gasteiger charge is -2.21. The van der Waals surface area contributed by atoms with E-state index in [0.717, 1.165) is 20.9 Å². The highest BCUT2D eigenvalue weighted by Crippen LogP contribution is 2.29. The second-order valence-corrected chi connectivity index (χ2v) is 8.65. The van der Waals surface area contributed by atoms with Crippen molar-refractivity contribution in [3.8, 4) is 0 Å². The molecule has 0 fully saturated rings. The van der Waals surface area contributed by atoms with Crippen LogP contribution in [-0.4, -0.2) is 22.8 Å². The Morgan fingerprint density at radius 1 is 1.08 bits per heavy atom. The summed E-state index contributed by atoms with van der Waals surface area (Å²) in [6.07, 6.45) is 0. The predicted octanol–water partition coefficient (Wildman–Crippen LogP) is 4.35. The average molecular weight is 341 g/mol. The summed E-state index contributed by atoms with van der Waals surface area (Å²) < 4.78 is 18.9. The van der Waals surface area contributed by atoms with Gasteiger partial charge in [0, 0.05) is 4.90 Å². The standard InChI is InChI=1S/C20H23NO2S/c1-14-9-11-15(12-10-14)24(22)17-8-6-5-7-16(17)19-21-18(13-23-19)20(2,3)4/h5-12,18H,13H2,1-4H3/t18?,24-/m1/s1. The van der Waals surface area contributed by atoms with Crippen LogP contribution in [0.4, 0.5) is 0 Å². The molecular weight excluding hydrogens is 318 g/mol. The Labute approximate surface area is 146 Å². The van der Waals surface area contributed by atoms with Crippen LogP contribution in [0.5, 0.6) is 0 Å². The van der Waals surface area contributed by atoms with Gasteiger partial charge in [-0.15, -0.1) is 0 Å². The van der Waals surface area contributed by atoms with Gasteiger partial charge in [-0.3, -0.25) is 0 Å². The SMILES string of the molecule is Cc1ccc([S@@](=O)c2ccccc2C2=NC(C(C)(C)C)CO2)cc1. The first kappa shape index (κ1) is 16.9. The minimum atomic E-state index is -1.26. The molecule has 0 amide bonds. The quantitative estimate of drug-likeness (QED) is 0.832. The summed E-state index contributed by atoms with van der Waals surface area (Å²) >= 11 is 0. The lowest BCUT2D eigenvalue weighted by Crippen LogP contribution is -2.25. The molecule has 1 aliphatic heterocycles. The third-order valence-corrected chi connectivity index (χ3v) is 5.66. The molecule has 0 saturated heterocycles. The van der Waals surface area contributed by atoms with E-state index in [1.165, 1.54) is 0 Å². The van der Waals surface area contributed by atoms with E-state index in [4.69, 9.17) is 9.73 Å². The van der Waals surface area contributed by atoms with Gasteiger partial charge in [0.2, 0.25) is 5.90 Å². The molecule has 2 atom stereocenters. The van der Waals surface area contributed by atoms with Crippen LogP contribution in [0.25, 0.3) is 0 Å². The molecule has 126 valence electrons. The van der Waals surface area contributed by atoms with Gasteiger partial charge in [0.1, 0.15) is 6.61 Å². The zero-order valence-corrected chi connectivity index (χ0v) is 15.4. The molecule has 1 unspecified atom stereocenters. The van der Waals surface area contributed by atoms with Crippen LogP contribution < -0.4 is 0 Å². The Kier molecular flexibility index (Phi) is 4.59. The van der Waals surface area contributed by atoms with Crippen molar-refractivity contribution >= 4 is 16.7 Å². The molecule has 1 aliphatic rings. The molecular formula is C20H23NO2S. The van der Waals surface area contributed by atoms with Crippen molar-refractivity contribution < 1.29 is 8.95 Å².